The molecule has 0 aliphatic carbocycles. The quantitative estimate of drug-likeness (QED) is 0.647. The molecule has 0 aliphatic rings. The maximum atomic E-state index is 11.3. The second-order valence-corrected chi connectivity index (χ2v) is 6.40. The summed E-state index contributed by atoms with van der Waals surface area (Å²) in [5, 5.41) is 0.835. The van der Waals surface area contributed by atoms with Crippen LogP contribution in [-0.2, 0) is 4.79 Å². The first-order valence-corrected chi connectivity index (χ1v) is 8.46. The Morgan fingerprint density at radius 2 is 1.78 bits per heavy atom. The number of rotatable bonds is 5. The van der Waals surface area contributed by atoms with E-state index in [0.717, 1.165) is 22.1 Å². The van der Waals surface area contributed by atoms with Gasteiger partial charge in [0.1, 0.15) is 5.78 Å². The summed E-state index contributed by atoms with van der Waals surface area (Å²) in [6.45, 7) is 3.68. The van der Waals surface area contributed by atoms with Crippen molar-refractivity contribution in [3.05, 3.63) is 66.4 Å². The van der Waals surface area contributed by atoms with Gasteiger partial charge in [0.15, 0.2) is 5.16 Å². The first kappa shape index (κ1) is 15.6. The molecular weight excluding hydrogens is 304 g/mol. The van der Waals surface area contributed by atoms with E-state index < -0.39 is 0 Å². The van der Waals surface area contributed by atoms with Crippen LogP contribution in [0.1, 0.15) is 12.5 Å². The number of carbonyl (C=O) groups is 1. The smallest absolute Gasteiger partial charge is 0.173 e. The van der Waals surface area contributed by atoms with Crippen molar-refractivity contribution in [3.8, 4) is 16.9 Å². The highest BCUT2D eigenvalue weighted by Crippen LogP contribution is 2.29. The molecule has 0 bridgehead atoms. The highest BCUT2D eigenvalue weighted by Gasteiger charge is 2.14. The summed E-state index contributed by atoms with van der Waals surface area (Å²) < 4.78 is 2.11. The highest BCUT2D eigenvalue weighted by atomic mass is 32.2. The molecule has 0 fully saturated rings. The molecule has 4 heteroatoms. The average molecular weight is 322 g/mol. The van der Waals surface area contributed by atoms with E-state index in [2.05, 4.69) is 52.9 Å². The molecule has 2 aromatic carbocycles. The predicted molar refractivity (Wildman–Crippen MR) is 95.1 cm³/mol. The maximum Gasteiger partial charge on any atom is 0.173 e. The zero-order valence-corrected chi connectivity index (χ0v) is 14.0. The summed E-state index contributed by atoms with van der Waals surface area (Å²) in [6, 6.07) is 18.5. The molecular formula is C19H18N2OS. The molecule has 0 unspecified atom stereocenters. The molecule has 116 valence electrons. The number of carbonyl (C=O) groups excluding carboxylic acids is 1. The Morgan fingerprint density at radius 3 is 2.43 bits per heavy atom. The van der Waals surface area contributed by atoms with E-state index in [1.54, 1.807) is 6.92 Å². The molecule has 0 saturated carbocycles. The number of para-hydroxylation sites is 1. The molecule has 0 radical (unpaired) electrons. The number of imidazole rings is 1. The fraction of sp³-hybridized carbons (Fsp3) is 0.158. The Labute approximate surface area is 140 Å². The number of thioether (sulfide) groups is 1. The maximum absolute atomic E-state index is 11.3. The van der Waals surface area contributed by atoms with Crippen LogP contribution in [0.3, 0.4) is 0 Å². The molecule has 0 amide bonds. The largest absolute Gasteiger partial charge is 0.299 e. The minimum atomic E-state index is 0.148. The fourth-order valence-corrected chi connectivity index (χ4v) is 3.15. The standard InChI is InChI=1S/C19H18N2OS/c1-14-8-10-16(11-9-14)18-12-20-19(23-13-15(2)22)21(18)17-6-4-3-5-7-17/h3-12H,13H2,1-2H3. The Hall–Kier alpha value is -2.33. The molecule has 1 heterocycles. The normalized spacial score (nSPS) is 10.7. The number of aryl methyl sites for hydroxylation is 1. The predicted octanol–water partition coefficient (Wildman–Crippen LogP) is 4.53. The van der Waals surface area contributed by atoms with Gasteiger partial charge in [-0.3, -0.25) is 9.36 Å². The lowest BCUT2D eigenvalue weighted by atomic mass is 10.1. The van der Waals surface area contributed by atoms with Crippen molar-refractivity contribution in [2.24, 2.45) is 0 Å². The summed E-state index contributed by atoms with van der Waals surface area (Å²) in [4.78, 5) is 15.9. The Kier molecular flexibility index (Phi) is 4.63. The molecule has 3 rings (SSSR count). The van der Waals surface area contributed by atoms with Crippen LogP contribution < -0.4 is 0 Å². The van der Waals surface area contributed by atoms with E-state index in [1.165, 1.54) is 17.3 Å². The number of Topliss-reactive ketones (excluding diaryl/α,β-unsaturated/α-hetero) is 1. The number of hydrogen-bond donors (Lipinski definition) is 0. The third-order valence-corrected chi connectivity index (χ3v) is 4.59. The van der Waals surface area contributed by atoms with Gasteiger partial charge in [-0.1, -0.05) is 59.8 Å². The third-order valence-electron chi connectivity index (χ3n) is 3.50. The van der Waals surface area contributed by atoms with Crippen molar-refractivity contribution < 1.29 is 4.79 Å². The van der Waals surface area contributed by atoms with Gasteiger partial charge in [-0.05, 0) is 26.0 Å². The van der Waals surface area contributed by atoms with E-state index in [0.29, 0.717) is 5.75 Å². The van der Waals surface area contributed by atoms with E-state index in [-0.39, 0.29) is 5.78 Å². The van der Waals surface area contributed by atoms with E-state index in [9.17, 15) is 4.79 Å². The van der Waals surface area contributed by atoms with Gasteiger partial charge in [0, 0.05) is 11.3 Å². The number of benzene rings is 2. The first-order valence-electron chi connectivity index (χ1n) is 7.47. The lowest BCUT2D eigenvalue weighted by molar-refractivity contribution is -0.114. The van der Waals surface area contributed by atoms with Gasteiger partial charge >= 0.3 is 0 Å². The number of nitrogens with zero attached hydrogens (tertiary/aromatic N) is 2. The molecule has 0 saturated heterocycles. The molecule has 3 nitrogen and oxygen atoms in total. The van der Waals surface area contributed by atoms with Crippen molar-refractivity contribution >= 4 is 17.5 Å². The molecule has 0 aliphatic heterocycles. The zero-order chi connectivity index (χ0) is 16.2. The summed E-state index contributed by atoms with van der Waals surface area (Å²) in [6.07, 6.45) is 1.88. The molecule has 3 aromatic rings. The zero-order valence-electron chi connectivity index (χ0n) is 13.2. The molecule has 0 atom stereocenters. The van der Waals surface area contributed by atoms with Crippen molar-refractivity contribution in [1.29, 1.82) is 0 Å². The number of hydrogen-bond acceptors (Lipinski definition) is 3. The SMILES string of the molecule is CC(=O)CSc1ncc(-c2ccc(C)cc2)n1-c1ccccc1. The van der Waals surface area contributed by atoms with Crippen LogP contribution in [0, 0.1) is 6.92 Å². The lowest BCUT2D eigenvalue weighted by Gasteiger charge is -2.12. The Morgan fingerprint density at radius 1 is 1.09 bits per heavy atom. The monoisotopic (exact) mass is 322 g/mol. The van der Waals surface area contributed by atoms with E-state index >= 15 is 0 Å². The van der Waals surface area contributed by atoms with Gasteiger partial charge in [0.25, 0.3) is 0 Å². The van der Waals surface area contributed by atoms with Gasteiger partial charge in [-0.15, -0.1) is 0 Å². The van der Waals surface area contributed by atoms with Crippen molar-refractivity contribution in [2.75, 3.05) is 5.75 Å². The average Bonchev–Trinajstić information content (AvgIpc) is 2.98. The second-order valence-electron chi connectivity index (χ2n) is 5.45. The minimum Gasteiger partial charge on any atom is -0.299 e. The second kappa shape index (κ2) is 6.84. The van der Waals surface area contributed by atoms with Gasteiger partial charge in [0.2, 0.25) is 0 Å². The number of aromatic nitrogens is 2. The van der Waals surface area contributed by atoms with Crippen LogP contribution in [-0.4, -0.2) is 21.1 Å². The summed E-state index contributed by atoms with van der Waals surface area (Å²) in [7, 11) is 0. The topological polar surface area (TPSA) is 34.9 Å². The lowest BCUT2D eigenvalue weighted by Crippen LogP contribution is -2.01. The van der Waals surface area contributed by atoms with Crippen LogP contribution in [0.4, 0.5) is 0 Å². The molecule has 1 aromatic heterocycles. The summed E-state index contributed by atoms with van der Waals surface area (Å²) in [5.74, 6) is 0.575. The highest BCUT2D eigenvalue weighted by molar-refractivity contribution is 7.99. The fourth-order valence-electron chi connectivity index (χ4n) is 2.36. The first-order chi connectivity index (χ1) is 11.1. The van der Waals surface area contributed by atoms with Crippen LogP contribution in [0.15, 0.2) is 66.0 Å². The van der Waals surface area contributed by atoms with Gasteiger partial charge in [-0.2, -0.15) is 0 Å². The minimum absolute atomic E-state index is 0.148. The van der Waals surface area contributed by atoms with Crippen molar-refractivity contribution in [2.45, 2.75) is 19.0 Å². The Balaban J connectivity index is 2.09. The van der Waals surface area contributed by atoms with E-state index in [1.807, 2.05) is 24.4 Å². The van der Waals surface area contributed by atoms with Crippen molar-refractivity contribution in [3.63, 3.8) is 0 Å². The van der Waals surface area contributed by atoms with Gasteiger partial charge < -0.3 is 0 Å². The van der Waals surface area contributed by atoms with E-state index in [4.69, 9.17) is 0 Å². The summed E-state index contributed by atoms with van der Waals surface area (Å²) in [5.41, 5.74) is 4.42. The van der Waals surface area contributed by atoms with Crippen LogP contribution in [0.5, 0.6) is 0 Å². The van der Waals surface area contributed by atoms with Crippen LogP contribution >= 0.6 is 11.8 Å². The molecule has 23 heavy (non-hydrogen) atoms. The van der Waals surface area contributed by atoms with Crippen molar-refractivity contribution in [1.82, 2.24) is 9.55 Å². The molecule has 0 spiro atoms. The molecule has 0 N–H and O–H groups in total. The number of ketones is 1. The van der Waals surface area contributed by atoms with Crippen LogP contribution in [0.25, 0.3) is 16.9 Å². The van der Waals surface area contributed by atoms with Gasteiger partial charge in [-0.25, -0.2) is 4.98 Å². The third kappa shape index (κ3) is 3.54. The Bertz CT molecular complexity index is 807. The van der Waals surface area contributed by atoms with Crippen LogP contribution in [0.2, 0.25) is 0 Å². The van der Waals surface area contributed by atoms with Gasteiger partial charge in [0.05, 0.1) is 17.6 Å². The summed E-state index contributed by atoms with van der Waals surface area (Å²) >= 11 is 1.47.